The van der Waals surface area contributed by atoms with Crippen molar-refractivity contribution in [3.05, 3.63) is 0 Å². The molecule has 0 saturated heterocycles. The summed E-state index contributed by atoms with van der Waals surface area (Å²) < 4.78 is 23.3. The molecule has 0 aliphatic rings. The van der Waals surface area contributed by atoms with E-state index in [-0.39, 0.29) is 35.3 Å². The summed E-state index contributed by atoms with van der Waals surface area (Å²) in [6.07, 6.45) is 0.516. The fraction of sp³-hybridized carbons (Fsp3) is 0.800. The first-order valence-corrected chi connectivity index (χ1v) is 4.64. The zero-order chi connectivity index (χ0) is 8.20. The van der Waals surface area contributed by atoms with Gasteiger partial charge in [0, 0.05) is 6.92 Å². The Morgan fingerprint density at radius 2 is 1.91 bits per heavy atom. The molecule has 0 saturated carbocycles. The van der Waals surface area contributed by atoms with E-state index in [2.05, 4.69) is 0 Å². The Hall–Kier alpha value is 0.420. The molecule has 0 rings (SSSR count). The number of amides is 1. The summed E-state index contributed by atoms with van der Waals surface area (Å²) in [5.41, 5.74) is 0. The Morgan fingerprint density at radius 1 is 1.45 bits per heavy atom. The van der Waals surface area contributed by atoms with Gasteiger partial charge < -0.3 is 0 Å². The summed E-state index contributed by atoms with van der Waals surface area (Å²) >= 11 is 0. The second-order valence-corrected chi connectivity index (χ2v) is 3.82. The number of hydrogen-bond donors (Lipinski definition) is 1. The van der Waals surface area contributed by atoms with Gasteiger partial charge in [0.15, 0.2) is 0 Å². The summed E-state index contributed by atoms with van der Waals surface area (Å²) in [4.78, 5) is 10.2. The van der Waals surface area contributed by atoms with Crippen molar-refractivity contribution in [1.29, 1.82) is 0 Å². The van der Waals surface area contributed by atoms with Crippen LogP contribution in [0.1, 0.15) is 20.3 Å². The van der Waals surface area contributed by atoms with Gasteiger partial charge in [-0.05, 0) is 6.42 Å². The van der Waals surface area contributed by atoms with E-state index >= 15 is 0 Å². The molecule has 1 N–H and O–H groups in total. The Balaban J connectivity index is 0. The molecule has 6 heteroatoms. The van der Waals surface area contributed by atoms with E-state index in [9.17, 15) is 13.2 Å². The molecule has 0 aromatic carbocycles. The van der Waals surface area contributed by atoms with Crippen LogP contribution in [0.15, 0.2) is 0 Å². The monoisotopic (exact) mass is 189 g/mol. The van der Waals surface area contributed by atoms with Gasteiger partial charge >= 0.3 is 29.6 Å². The molecule has 0 aromatic rings. The van der Waals surface area contributed by atoms with E-state index < -0.39 is 15.9 Å². The van der Waals surface area contributed by atoms with Crippen molar-refractivity contribution in [3.63, 3.8) is 0 Å². The second-order valence-electron chi connectivity index (χ2n) is 1.98. The molecule has 0 aliphatic carbocycles. The van der Waals surface area contributed by atoms with Crippen LogP contribution in [-0.2, 0) is 14.8 Å². The maximum atomic E-state index is 10.7. The van der Waals surface area contributed by atoms with Gasteiger partial charge in [-0.1, -0.05) is 6.92 Å². The number of nitrogens with one attached hydrogen (secondary N) is 1. The first-order chi connectivity index (χ1) is 4.48. The standard InChI is InChI=1S/C5H11NO3S.Na.H/c1-3-4-10(8,9)6-5(2)7;;/h3-4H2,1-2H3,(H,6,7);;. The predicted molar refractivity (Wildman–Crippen MR) is 45.0 cm³/mol. The zero-order valence-electron chi connectivity index (χ0n) is 6.05. The average molecular weight is 189 g/mol. The summed E-state index contributed by atoms with van der Waals surface area (Å²) in [6.45, 7) is 2.91. The Morgan fingerprint density at radius 3 is 2.18 bits per heavy atom. The third-order valence-corrected chi connectivity index (χ3v) is 2.32. The van der Waals surface area contributed by atoms with Crippen LogP contribution in [0.3, 0.4) is 0 Å². The molecule has 0 bridgehead atoms. The number of carbonyl (C=O) groups excluding carboxylic acids is 1. The van der Waals surface area contributed by atoms with Crippen LogP contribution < -0.4 is 4.72 Å². The second kappa shape index (κ2) is 5.99. The number of carbonyl (C=O) groups is 1. The first kappa shape index (κ1) is 14.0. The molecule has 0 heterocycles. The van der Waals surface area contributed by atoms with Crippen LogP contribution in [0, 0.1) is 0 Å². The molecule has 11 heavy (non-hydrogen) atoms. The SMILES string of the molecule is CCCS(=O)(=O)NC(C)=O.[NaH]. The molecule has 0 aliphatic heterocycles. The molecule has 1 amide bonds. The van der Waals surface area contributed by atoms with Crippen molar-refractivity contribution < 1.29 is 13.2 Å². The third kappa shape index (κ3) is 8.33. The van der Waals surface area contributed by atoms with Gasteiger partial charge in [0.2, 0.25) is 15.9 Å². The fourth-order valence-corrected chi connectivity index (χ4v) is 1.62. The van der Waals surface area contributed by atoms with Gasteiger partial charge in [0.05, 0.1) is 5.75 Å². The molecule has 0 radical (unpaired) electrons. The van der Waals surface area contributed by atoms with Crippen molar-refractivity contribution in [1.82, 2.24) is 4.72 Å². The third-order valence-electron chi connectivity index (χ3n) is 0.772. The molecular weight excluding hydrogens is 177 g/mol. The molecule has 0 unspecified atom stereocenters. The minimum atomic E-state index is -3.33. The topological polar surface area (TPSA) is 63.2 Å². The molecular formula is C5H12NNaO3S. The number of sulfonamides is 1. The number of hydrogen-bond acceptors (Lipinski definition) is 3. The van der Waals surface area contributed by atoms with Crippen molar-refractivity contribution >= 4 is 45.5 Å². The van der Waals surface area contributed by atoms with Crippen LogP contribution >= 0.6 is 0 Å². The molecule has 62 valence electrons. The van der Waals surface area contributed by atoms with Crippen LogP contribution in [0.2, 0.25) is 0 Å². The quantitative estimate of drug-likeness (QED) is 0.592. The van der Waals surface area contributed by atoms with Gasteiger partial charge in [-0.15, -0.1) is 0 Å². The average Bonchev–Trinajstić information content (AvgIpc) is 1.59. The van der Waals surface area contributed by atoms with E-state index in [0.717, 1.165) is 0 Å². The van der Waals surface area contributed by atoms with Crippen LogP contribution in [-0.4, -0.2) is 49.6 Å². The molecule has 0 atom stereocenters. The Labute approximate surface area is 89.1 Å². The van der Waals surface area contributed by atoms with Crippen LogP contribution in [0.5, 0.6) is 0 Å². The predicted octanol–water partition coefficient (Wildman–Crippen LogP) is -0.786. The van der Waals surface area contributed by atoms with Crippen LogP contribution in [0.4, 0.5) is 0 Å². The van der Waals surface area contributed by atoms with E-state index in [1.807, 2.05) is 4.72 Å². The van der Waals surface area contributed by atoms with E-state index in [0.29, 0.717) is 6.42 Å². The normalized spacial score (nSPS) is 10.0. The number of rotatable bonds is 3. The Kier molecular flexibility index (Phi) is 7.61. The van der Waals surface area contributed by atoms with Crippen LogP contribution in [0.25, 0.3) is 0 Å². The fourth-order valence-electron chi connectivity index (χ4n) is 0.539. The van der Waals surface area contributed by atoms with Gasteiger partial charge in [-0.25, -0.2) is 8.42 Å². The van der Waals surface area contributed by atoms with Gasteiger partial charge in [0.25, 0.3) is 0 Å². The van der Waals surface area contributed by atoms with Crippen molar-refractivity contribution in [2.75, 3.05) is 5.75 Å². The van der Waals surface area contributed by atoms with Gasteiger partial charge in [-0.3, -0.25) is 9.52 Å². The maximum absolute atomic E-state index is 10.7. The van der Waals surface area contributed by atoms with E-state index in [1.165, 1.54) is 6.92 Å². The summed E-state index contributed by atoms with van der Waals surface area (Å²) in [5, 5.41) is 0. The van der Waals surface area contributed by atoms with E-state index in [4.69, 9.17) is 0 Å². The van der Waals surface area contributed by atoms with Crippen molar-refractivity contribution in [2.45, 2.75) is 20.3 Å². The van der Waals surface area contributed by atoms with Gasteiger partial charge in [0.1, 0.15) is 0 Å². The zero-order valence-corrected chi connectivity index (χ0v) is 6.86. The van der Waals surface area contributed by atoms with Gasteiger partial charge in [-0.2, -0.15) is 0 Å². The first-order valence-electron chi connectivity index (χ1n) is 2.99. The Bertz CT molecular complexity index is 212. The van der Waals surface area contributed by atoms with Crippen molar-refractivity contribution in [3.8, 4) is 0 Å². The summed E-state index contributed by atoms with van der Waals surface area (Å²) in [5.74, 6) is -0.527. The summed E-state index contributed by atoms with van der Waals surface area (Å²) in [7, 11) is -3.33. The van der Waals surface area contributed by atoms with Crippen molar-refractivity contribution in [2.24, 2.45) is 0 Å². The summed E-state index contributed by atoms with van der Waals surface area (Å²) in [6, 6.07) is 0. The van der Waals surface area contributed by atoms with E-state index in [1.54, 1.807) is 6.92 Å². The minimum absolute atomic E-state index is 0. The molecule has 0 aromatic heterocycles. The molecule has 4 nitrogen and oxygen atoms in total. The molecule has 0 spiro atoms. The molecule has 0 fully saturated rings.